The van der Waals surface area contributed by atoms with Crippen molar-refractivity contribution >= 4 is 16.9 Å². The molecule has 1 N–H and O–H groups in total. The number of likely N-dealkylation sites (tertiary alicyclic amines) is 1. The van der Waals surface area contributed by atoms with Gasteiger partial charge in [0.1, 0.15) is 11.3 Å². The fraction of sp³-hybridized carbons (Fsp3) is 0.375. The van der Waals surface area contributed by atoms with Gasteiger partial charge in [-0.25, -0.2) is 0 Å². The smallest absolute Gasteiger partial charge is 0.224 e. The number of carbonyl (C=O) groups is 1. The second kappa shape index (κ2) is 8.70. The van der Waals surface area contributed by atoms with Crippen molar-refractivity contribution in [3.05, 3.63) is 65.4 Å². The van der Waals surface area contributed by atoms with E-state index in [4.69, 9.17) is 9.15 Å². The lowest BCUT2D eigenvalue weighted by Gasteiger charge is -2.28. The summed E-state index contributed by atoms with van der Waals surface area (Å²) in [5.41, 5.74) is 4.12. The largest absolute Gasteiger partial charge is 0.497 e. The standard InChI is InChI=1S/C24H28N2O3/c1-17-5-10-21-19(16-29-23(21)13-17)14-24(27)25-15-22(26-11-3-4-12-26)18-6-8-20(28-2)9-7-18/h5-10,13,16,22H,3-4,11-12,14-15H2,1-2H3,(H,25,27). The Labute approximate surface area is 171 Å². The number of aryl methyl sites for hydroxylation is 1. The van der Waals surface area contributed by atoms with Crippen LogP contribution < -0.4 is 10.1 Å². The Balaban J connectivity index is 1.43. The maximum absolute atomic E-state index is 12.7. The van der Waals surface area contributed by atoms with E-state index in [1.165, 1.54) is 18.4 Å². The first-order valence-corrected chi connectivity index (χ1v) is 10.3. The monoisotopic (exact) mass is 392 g/mol. The van der Waals surface area contributed by atoms with E-state index in [1.807, 2.05) is 37.3 Å². The predicted octanol–water partition coefficient (Wildman–Crippen LogP) is 4.25. The first-order chi connectivity index (χ1) is 14.1. The molecule has 1 aliphatic heterocycles. The number of benzene rings is 2. The summed E-state index contributed by atoms with van der Waals surface area (Å²) in [5, 5.41) is 4.16. The molecule has 0 spiro atoms. The van der Waals surface area contributed by atoms with Gasteiger partial charge >= 0.3 is 0 Å². The van der Waals surface area contributed by atoms with Crippen LogP contribution in [-0.2, 0) is 11.2 Å². The second-order valence-corrected chi connectivity index (χ2v) is 7.77. The van der Waals surface area contributed by atoms with Crippen LogP contribution in [0.5, 0.6) is 5.75 Å². The van der Waals surface area contributed by atoms with Crippen LogP contribution >= 0.6 is 0 Å². The van der Waals surface area contributed by atoms with E-state index in [2.05, 4.69) is 22.3 Å². The van der Waals surface area contributed by atoms with E-state index in [1.54, 1.807) is 13.4 Å². The topological polar surface area (TPSA) is 54.7 Å². The van der Waals surface area contributed by atoms with Gasteiger partial charge in [-0.1, -0.05) is 24.3 Å². The van der Waals surface area contributed by atoms with Gasteiger partial charge in [0, 0.05) is 17.5 Å². The van der Waals surface area contributed by atoms with Crippen LogP contribution in [0.3, 0.4) is 0 Å². The van der Waals surface area contributed by atoms with Gasteiger partial charge in [-0.3, -0.25) is 9.69 Å². The first-order valence-electron chi connectivity index (χ1n) is 10.3. The number of rotatable bonds is 7. The molecule has 1 aliphatic rings. The fourth-order valence-corrected chi connectivity index (χ4v) is 4.11. The summed E-state index contributed by atoms with van der Waals surface area (Å²) in [5.74, 6) is 0.867. The lowest BCUT2D eigenvalue weighted by molar-refractivity contribution is -0.120. The molecule has 29 heavy (non-hydrogen) atoms. The van der Waals surface area contributed by atoms with Crippen LogP contribution in [0.1, 0.15) is 35.6 Å². The molecule has 1 saturated heterocycles. The molecule has 2 heterocycles. The second-order valence-electron chi connectivity index (χ2n) is 7.77. The number of furan rings is 1. The highest BCUT2D eigenvalue weighted by Gasteiger charge is 2.24. The van der Waals surface area contributed by atoms with Gasteiger partial charge in [-0.2, -0.15) is 0 Å². The van der Waals surface area contributed by atoms with Gasteiger partial charge in [0.15, 0.2) is 0 Å². The highest BCUT2D eigenvalue weighted by molar-refractivity contribution is 5.87. The van der Waals surface area contributed by atoms with Gasteiger partial charge in [0.2, 0.25) is 5.91 Å². The van der Waals surface area contributed by atoms with Crippen molar-refractivity contribution in [2.24, 2.45) is 0 Å². The number of nitrogens with one attached hydrogen (secondary N) is 1. The number of fused-ring (bicyclic) bond motifs is 1. The molecule has 1 atom stereocenters. The summed E-state index contributed by atoms with van der Waals surface area (Å²) in [6.07, 6.45) is 4.44. The van der Waals surface area contributed by atoms with Crippen molar-refractivity contribution in [2.75, 3.05) is 26.7 Å². The number of amides is 1. The maximum Gasteiger partial charge on any atom is 0.224 e. The van der Waals surface area contributed by atoms with Crippen LogP contribution in [0.25, 0.3) is 11.0 Å². The highest BCUT2D eigenvalue weighted by atomic mass is 16.5. The summed E-state index contributed by atoms with van der Waals surface area (Å²) in [7, 11) is 1.67. The Morgan fingerprint density at radius 1 is 1.17 bits per heavy atom. The van der Waals surface area contributed by atoms with Crippen LogP contribution in [0, 0.1) is 6.92 Å². The summed E-state index contributed by atoms with van der Waals surface area (Å²) in [6.45, 7) is 4.77. The molecule has 1 unspecified atom stereocenters. The fourth-order valence-electron chi connectivity index (χ4n) is 4.11. The van der Waals surface area contributed by atoms with Gasteiger partial charge in [-0.15, -0.1) is 0 Å². The summed E-state index contributed by atoms with van der Waals surface area (Å²) in [6, 6.07) is 14.4. The Kier molecular flexibility index (Phi) is 5.86. The van der Waals surface area contributed by atoms with E-state index in [9.17, 15) is 4.79 Å². The molecule has 1 fully saturated rings. The lowest BCUT2D eigenvalue weighted by Crippen LogP contribution is -2.37. The van der Waals surface area contributed by atoms with Crippen molar-refractivity contribution < 1.29 is 13.9 Å². The number of ether oxygens (including phenoxy) is 1. The number of carbonyl (C=O) groups excluding carboxylic acids is 1. The molecule has 0 aliphatic carbocycles. The van der Waals surface area contributed by atoms with Gasteiger partial charge < -0.3 is 14.5 Å². The molecule has 4 rings (SSSR count). The SMILES string of the molecule is COc1ccc(C(CNC(=O)Cc2coc3cc(C)ccc23)N2CCCC2)cc1. The average molecular weight is 392 g/mol. The van der Waals surface area contributed by atoms with Gasteiger partial charge in [0.05, 0.1) is 25.8 Å². The first kappa shape index (κ1) is 19.5. The summed E-state index contributed by atoms with van der Waals surface area (Å²) < 4.78 is 10.9. The molecule has 2 aromatic carbocycles. The number of hydrogen-bond donors (Lipinski definition) is 1. The minimum atomic E-state index is 0.0194. The lowest BCUT2D eigenvalue weighted by atomic mass is 10.0. The van der Waals surface area contributed by atoms with E-state index < -0.39 is 0 Å². The predicted molar refractivity (Wildman–Crippen MR) is 114 cm³/mol. The zero-order valence-electron chi connectivity index (χ0n) is 17.1. The normalized spacial score (nSPS) is 15.5. The Bertz CT molecular complexity index is 971. The molecule has 5 heteroatoms. The van der Waals surface area contributed by atoms with Crippen LogP contribution in [0.4, 0.5) is 0 Å². The zero-order chi connectivity index (χ0) is 20.2. The third-order valence-electron chi connectivity index (χ3n) is 5.74. The molecular formula is C24H28N2O3. The van der Waals surface area contributed by atoms with Crippen molar-refractivity contribution in [2.45, 2.75) is 32.2 Å². The van der Waals surface area contributed by atoms with Crippen molar-refractivity contribution in [1.82, 2.24) is 10.2 Å². The molecule has 3 aromatic rings. The van der Waals surface area contributed by atoms with Crippen molar-refractivity contribution in [3.8, 4) is 5.75 Å². The molecule has 152 valence electrons. The summed E-state index contributed by atoms with van der Waals surface area (Å²) >= 11 is 0. The molecule has 0 radical (unpaired) electrons. The van der Waals surface area contributed by atoms with Crippen LogP contribution in [0.15, 0.2) is 53.1 Å². The maximum atomic E-state index is 12.7. The molecular weight excluding hydrogens is 364 g/mol. The third-order valence-corrected chi connectivity index (χ3v) is 5.74. The minimum absolute atomic E-state index is 0.0194. The van der Waals surface area contributed by atoms with Gasteiger partial charge in [0.25, 0.3) is 0 Å². The van der Waals surface area contributed by atoms with E-state index in [-0.39, 0.29) is 11.9 Å². The number of nitrogens with zero attached hydrogens (tertiary/aromatic N) is 1. The Hall–Kier alpha value is -2.79. The van der Waals surface area contributed by atoms with E-state index in [0.717, 1.165) is 40.9 Å². The van der Waals surface area contributed by atoms with Gasteiger partial charge in [-0.05, 0) is 62.2 Å². The Morgan fingerprint density at radius 2 is 1.93 bits per heavy atom. The minimum Gasteiger partial charge on any atom is -0.497 e. The molecule has 0 saturated carbocycles. The quantitative estimate of drug-likeness (QED) is 0.653. The third kappa shape index (κ3) is 4.46. The molecule has 5 nitrogen and oxygen atoms in total. The van der Waals surface area contributed by atoms with Crippen molar-refractivity contribution in [1.29, 1.82) is 0 Å². The van der Waals surface area contributed by atoms with E-state index in [0.29, 0.717) is 13.0 Å². The zero-order valence-corrected chi connectivity index (χ0v) is 17.1. The molecule has 0 bridgehead atoms. The van der Waals surface area contributed by atoms with Crippen LogP contribution in [-0.4, -0.2) is 37.6 Å². The van der Waals surface area contributed by atoms with E-state index >= 15 is 0 Å². The molecule has 1 amide bonds. The summed E-state index contributed by atoms with van der Waals surface area (Å²) in [4.78, 5) is 15.1. The number of hydrogen-bond acceptors (Lipinski definition) is 4. The molecule has 1 aromatic heterocycles. The van der Waals surface area contributed by atoms with Crippen molar-refractivity contribution in [3.63, 3.8) is 0 Å². The van der Waals surface area contributed by atoms with Crippen LogP contribution in [0.2, 0.25) is 0 Å². The number of methoxy groups -OCH3 is 1. The average Bonchev–Trinajstić information content (AvgIpc) is 3.39. The Morgan fingerprint density at radius 3 is 2.66 bits per heavy atom. The highest BCUT2D eigenvalue weighted by Crippen LogP contribution is 2.27.